The Morgan fingerprint density at radius 2 is 1.83 bits per heavy atom. The summed E-state index contributed by atoms with van der Waals surface area (Å²) in [5, 5.41) is 1.20. The number of anilines is 1. The Morgan fingerprint density at radius 3 is 2.66 bits per heavy atom. The molecule has 1 aromatic carbocycles. The molecule has 0 radical (unpaired) electrons. The molecule has 0 atom stereocenters. The van der Waals surface area contributed by atoms with Crippen LogP contribution in [0.5, 0.6) is 0 Å². The van der Waals surface area contributed by atoms with Crippen LogP contribution in [0.2, 0.25) is 0 Å². The number of morpholine rings is 1. The second-order valence-electron chi connectivity index (χ2n) is 8.14. The number of nitrogens with one attached hydrogen (secondary N) is 1. The van der Waals surface area contributed by atoms with Crippen molar-refractivity contribution in [2.45, 2.75) is 6.54 Å². The molecule has 2 aromatic heterocycles. The molecule has 29 heavy (non-hydrogen) atoms. The lowest BCUT2D eigenvalue weighted by molar-refractivity contribution is 0.0337. The number of rotatable bonds is 4. The van der Waals surface area contributed by atoms with Crippen molar-refractivity contribution < 1.29 is 4.74 Å². The van der Waals surface area contributed by atoms with Gasteiger partial charge >= 0.3 is 0 Å². The van der Waals surface area contributed by atoms with E-state index in [9.17, 15) is 0 Å². The van der Waals surface area contributed by atoms with Crippen molar-refractivity contribution in [3.05, 3.63) is 48.3 Å². The molecular weight excluding hydrogens is 362 g/mol. The van der Waals surface area contributed by atoms with Gasteiger partial charge in [-0.05, 0) is 31.3 Å². The van der Waals surface area contributed by atoms with Crippen LogP contribution in [0.3, 0.4) is 0 Å². The van der Waals surface area contributed by atoms with Crippen molar-refractivity contribution in [1.29, 1.82) is 0 Å². The topological polar surface area (TPSA) is 47.6 Å². The van der Waals surface area contributed by atoms with Gasteiger partial charge in [0, 0.05) is 79.9 Å². The molecule has 0 unspecified atom stereocenters. The number of nitrogens with zero attached hydrogens (tertiary/aromatic N) is 4. The smallest absolute Gasteiger partial charge is 0.0796 e. The van der Waals surface area contributed by atoms with E-state index in [2.05, 4.69) is 63.1 Å². The van der Waals surface area contributed by atoms with E-state index in [0.717, 1.165) is 70.2 Å². The number of aromatic nitrogens is 2. The lowest BCUT2D eigenvalue weighted by Crippen LogP contribution is -2.44. The maximum atomic E-state index is 5.47. The molecule has 3 aromatic rings. The summed E-state index contributed by atoms with van der Waals surface area (Å²) < 4.78 is 5.47. The first-order chi connectivity index (χ1) is 14.3. The molecule has 6 nitrogen and oxygen atoms in total. The third-order valence-electron chi connectivity index (χ3n) is 6.09. The molecule has 0 bridgehead atoms. The molecule has 0 amide bonds. The fourth-order valence-electron chi connectivity index (χ4n) is 4.34. The molecule has 2 aliphatic heterocycles. The third kappa shape index (κ3) is 4.01. The van der Waals surface area contributed by atoms with Crippen LogP contribution < -0.4 is 4.90 Å². The van der Waals surface area contributed by atoms with Crippen LogP contribution in [0.4, 0.5) is 5.69 Å². The summed E-state index contributed by atoms with van der Waals surface area (Å²) in [6.07, 6.45) is 1.91. The zero-order valence-corrected chi connectivity index (χ0v) is 17.1. The fraction of sp³-hybridized carbons (Fsp3) is 0.435. The van der Waals surface area contributed by atoms with Gasteiger partial charge in [0.25, 0.3) is 0 Å². The quantitative estimate of drug-likeness (QED) is 0.741. The Morgan fingerprint density at radius 1 is 1.00 bits per heavy atom. The standard InChI is InChI=1S/C23H29N5O/c1-26-7-9-28(10-8-26)20-4-2-3-18(15-20)23-21-16-19(25-22(21)5-6-24-23)17-27-11-13-29-14-12-27/h2-6,15-16,25H,7-14,17H2,1H3. The van der Waals surface area contributed by atoms with E-state index in [1.807, 2.05) is 6.20 Å². The van der Waals surface area contributed by atoms with E-state index >= 15 is 0 Å². The molecule has 6 heteroatoms. The van der Waals surface area contributed by atoms with E-state index in [1.54, 1.807) is 0 Å². The highest BCUT2D eigenvalue weighted by molar-refractivity contribution is 5.93. The van der Waals surface area contributed by atoms with Crippen molar-refractivity contribution in [3.8, 4) is 11.3 Å². The number of fused-ring (bicyclic) bond motifs is 1. The number of hydrogen-bond donors (Lipinski definition) is 1. The van der Waals surface area contributed by atoms with Gasteiger partial charge in [0.1, 0.15) is 0 Å². The zero-order valence-electron chi connectivity index (χ0n) is 17.1. The summed E-state index contributed by atoms with van der Waals surface area (Å²) >= 11 is 0. The summed E-state index contributed by atoms with van der Waals surface area (Å²) in [5.74, 6) is 0. The van der Waals surface area contributed by atoms with Gasteiger partial charge in [-0.3, -0.25) is 9.88 Å². The molecule has 5 rings (SSSR count). The van der Waals surface area contributed by atoms with E-state index < -0.39 is 0 Å². The van der Waals surface area contributed by atoms with Crippen molar-refractivity contribution in [2.75, 3.05) is 64.4 Å². The number of H-pyrrole nitrogens is 1. The van der Waals surface area contributed by atoms with Crippen molar-refractivity contribution in [1.82, 2.24) is 19.8 Å². The maximum absolute atomic E-state index is 5.47. The van der Waals surface area contributed by atoms with Crippen LogP contribution in [-0.2, 0) is 11.3 Å². The third-order valence-corrected chi connectivity index (χ3v) is 6.09. The van der Waals surface area contributed by atoms with Crippen molar-refractivity contribution in [3.63, 3.8) is 0 Å². The van der Waals surface area contributed by atoms with Crippen LogP contribution in [0.15, 0.2) is 42.6 Å². The van der Waals surface area contributed by atoms with Crippen LogP contribution in [-0.4, -0.2) is 79.3 Å². The predicted molar refractivity (Wildman–Crippen MR) is 117 cm³/mol. The zero-order chi connectivity index (χ0) is 19.6. The molecule has 4 heterocycles. The van der Waals surface area contributed by atoms with Gasteiger partial charge in [-0.25, -0.2) is 0 Å². The van der Waals surface area contributed by atoms with Gasteiger partial charge in [0.15, 0.2) is 0 Å². The lowest BCUT2D eigenvalue weighted by atomic mass is 10.1. The number of likely N-dealkylation sites (N-methyl/N-ethyl adjacent to an activating group) is 1. The van der Waals surface area contributed by atoms with E-state index in [1.165, 1.54) is 22.3 Å². The summed E-state index contributed by atoms with van der Waals surface area (Å²) in [4.78, 5) is 15.7. The minimum atomic E-state index is 0.826. The second-order valence-corrected chi connectivity index (χ2v) is 8.14. The Labute approximate surface area is 172 Å². The molecule has 2 saturated heterocycles. The van der Waals surface area contributed by atoms with Gasteiger partial charge in [-0.2, -0.15) is 0 Å². The van der Waals surface area contributed by atoms with Gasteiger partial charge in [-0.1, -0.05) is 12.1 Å². The summed E-state index contributed by atoms with van der Waals surface area (Å²) in [6, 6.07) is 13.2. The largest absolute Gasteiger partial charge is 0.379 e. The van der Waals surface area contributed by atoms with Gasteiger partial charge in [0.2, 0.25) is 0 Å². The minimum absolute atomic E-state index is 0.826. The molecule has 2 fully saturated rings. The molecule has 2 aliphatic rings. The average Bonchev–Trinajstić information content (AvgIpc) is 3.17. The lowest BCUT2D eigenvalue weighted by Gasteiger charge is -2.34. The van der Waals surface area contributed by atoms with Crippen LogP contribution >= 0.6 is 0 Å². The van der Waals surface area contributed by atoms with E-state index in [-0.39, 0.29) is 0 Å². The Kier molecular flexibility index (Phi) is 5.23. The first-order valence-corrected chi connectivity index (χ1v) is 10.6. The fourth-order valence-corrected chi connectivity index (χ4v) is 4.34. The number of piperazine rings is 1. The van der Waals surface area contributed by atoms with Gasteiger partial charge in [0.05, 0.1) is 18.9 Å². The SMILES string of the molecule is CN1CCN(c2cccc(-c3nccc4[nH]c(CN5CCOCC5)cc34)c2)CC1. The highest BCUT2D eigenvalue weighted by Crippen LogP contribution is 2.30. The van der Waals surface area contributed by atoms with E-state index in [4.69, 9.17) is 9.72 Å². The Hall–Kier alpha value is -2.41. The first-order valence-electron chi connectivity index (χ1n) is 10.6. The molecule has 0 saturated carbocycles. The number of ether oxygens (including phenoxy) is 1. The van der Waals surface area contributed by atoms with Crippen molar-refractivity contribution in [2.24, 2.45) is 0 Å². The molecule has 0 aliphatic carbocycles. The van der Waals surface area contributed by atoms with E-state index in [0.29, 0.717) is 0 Å². The normalized spacial score (nSPS) is 19.1. The number of aromatic amines is 1. The molecule has 1 N–H and O–H groups in total. The second kappa shape index (κ2) is 8.14. The number of hydrogen-bond acceptors (Lipinski definition) is 5. The number of benzene rings is 1. The Balaban J connectivity index is 1.43. The molecule has 0 spiro atoms. The summed E-state index contributed by atoms with van der Waals surface area (Å²) in [6.45, 7) is 8.94. The van der Waals surface area contributed by atoms with Crippen LogP contribution in [0.1, 0.15) is 5.69 Å². The monoisotopic (exact) mass is 391 g/mol. The molecular formula is C23H29N5O. The molecule has 152 valence electrons. The minimum Gasteiger partial charge on any atom is -0.379 e. The maximum Gasteiger partial charge on any atom is 0.0796 e. The summed E-state index contributed by atoms with van der Waals surface area (Å²) in [5.41, 5.74) is 5.93. The van der Waals surface area contributed by atoms with Gasteiger partial charge in [-0.15, -0.1) is 0 Å². The van der Waals surface area contributed by atoms with Crippen LogP contribution in [0, 0.1) is 0 Å². The van der Waals surface area contributed by atoms with Gasteiger partial charge < -0.3 is 19.5 Å². The number of pyridine rings is 1. The predicted octanol–water partition coefficient (Wildman–Crippen LogP) is 2.81. The van der Waals surface area contributed by atoms with Crippen molar-refractivity contribution >= 4 is 16.6 Å². The highest BCUT2D eigenvalue weighted by atomic mass is 16.5. The van der Waals surface area contributed by atoms with Crippen LogP contribution in [0.25, 0.3) is 22.2 Å². The summed E-state index contributed by atoms with van der Waals surface area (Å²) in [7, 11) is 2.19. The first kappa shape index (κ1) is 18.6. The highest BCUT2D eigenvalue weighted by Gasteiger charge is 2.17. The Bertz CT molecular complexity index is 970. The average molecular weight is 392 g/mol.